The Morgan fingerprint density at radius 2 is 1.89 bits per heavy atom. The number of rotatable bonds is 4. The fourth-order valence-electron chi connectivity index (χ4n) is 1.93. The Morgan fingerprint density at radius 3 is 2.28 bits per heavy atom. The van der Waals surface area contributed by atoms with Gasteiger partial charge in [-0.15, -0.1) is 0 Å². The first-order valence-corrected chi connectivity index (χ1v) is 7.04. The number of aliphatic hydroxyl groups is 2. The van der Waals surface area contributed by atoms with E-state index in [1.165, 1.54) is 0 Å². The highest BCUT2D eigenvalue weighted by Crippen LogP contribution is 2.27. The van der Waals surface area contributed by atoms with E-state index in [0.717, 1.165) is 22.3 Å². The molecule has 0 aromatic carbocycles. The van der Waals surface area contributed by atoms with Gasteiger partial charge in [0, 0.05) is 13.5 Å². The SMILES string of the molecule is CCc1nn(C)c(CC(O)C(O)C(C)(C)C)c1Br. The summed E-state index contributed by atoms with van der Waals surface area (Å²) in [5.74, 6) is 0. The Balaban J connectivity index is 2.88. The summed E-state index contributed by atoms with van der Waals surface area (Å²) < 4.78 is 2.70. The molecular formula is C13H23BrN2O2. The normalized spacial score (nSPS) is 15.8. The van der Waals surface area contributed by atoms with Crippen LogP contribution < -0.4 is 0 Å². The van der Waals surface area contributed by atoms with Crippen molar-refractivity contribution in [2.45, 2.75) is 52.7 Å². The Morgan fingerprint density at radius 1 is 1.33 bits per heavy atom. The summed E-state index contributed by atoms with van der Waals surface area (Å²) in [6.45, 7) is 7.78. The highest BCUT2D eigenvalue weighted by molar-refractivity contribution is 9.10. The average Bonchev–Trinajstić information content (AvgIpc) is 2.54. The van der Waals surface area contributed by atoms with Crippen molar-refractivity contribution in [1.82, 2.24) is 9.78 Å². The number of hydrogen-bond donors (Lipinski definition) is 2. The van der Waals surface area contributed by atoms with Crippen molar-refractivity contribution >= 4 is 15.9 Å². The van der Waals surface area contributed by atoms with Crippen LogP contribution in [0.2, 0.25) is 0 Å². The van der Waals surface area contributed by atoms with E-state index in [2.05, 4.69) is 21.0 Å². The van der Waals surface area contributed by atoms with Gasteiger partial charge >= 0.3 is 0 Å². The van der Waals surface area contributed by atoms with E-state index in [9.17, 15) is 10.2 Å². The minimum absolute atomic E-state index is 0.335. The fourth-order valence-corrected chi connectivity index (χ4v) is 2.71. The highest BCUT2D eigenvalue weighted by Gasteiger charge is 2.30. The molecule has 1 rings (SSSR count). The Hall–Kier alpha value is -0.390. The number of halogens is 1. The van der Waals surface area contributed by atoms with Crippen LogP contribution in [0.3, 0.4) is 0 Å². The maximum atomic E-state index is 10.1. The van der Waals surface area contributed by atoms with Crippen molar-refractivity contribution in [2.24, 2.45) is 12.5 Å². The lowest BCUT2D eigenvalue weighted by molar-refractivity contribution is -0.0441. The number of aliphatic hydroxyl groups excluding tert-OH is 2. The average molecular weight is 319 g/mol. The number of aromatic nitrogens is 2. The van der Waals surface area contributed by atoms with E-state index in [0.29, 0.717) is 6.42 Å². The van der Waals surface area contributed by atoms with Crippen molar-refractivity contribution in [1.29, 1.82) is 0 Å². The van der Waals surface area contributed by atoms with Crippen molar-refractivity contribution in [3.8, 4) is 0 Å². The number of nitrogens with zero attached hydrogens (tertiary/aromatic N) is 2. The molecular weight excluding hydrogens is 296 g/mol. The fraction of sp³-hybridized carbons (Fsp3) is 0.769. The monoisotopic (exact) mass is 318 g/mol. The Bertz CT molecular complexity index is 410. The van der Waals surface area contributed by atoms with Gasteiger partial charge in [-0.25, -0.2) is 0 Å². The van der Waals surface area contributed by atoms with Gasteiger partial charge in [0.05, 0.1) is 28.1 Å². The minimum atomic E-state index is -0.790. The largest absolute Gasteiger partial charge is 0.390 e. The first-order chi connectivity index (χ1) is 8.18. The van der Waals surface area contributed by atoms with Crippen LogP contribution >= 0.6 is 15.9 Å². The van der Waals surface area contributed by atoms with Crippen LogP contribution in [0.25, 0.3) is 0 Å². The van der Waals surface area contributed by atoms with Crippen LogP contribution in [0.15, 0.2) is 4.47 Å². The molecule has 0 saturated carbocycles. The third-order valence-corrected chi connectivity index (χ3v) is 4.07. The molecule has 0 aliphatic heterocycles. The molecule has 104 valence electrons. The van der Waals surface area contributed by atoms with E-state index in [4.69, 9.17) is 0 Å². The topological polar surface area (TPSA) is 58.3 Å². The lowest BCUT2D eigenvalue weighted by atomic mass is 9.84. The van der Waals surface area contributed by atoms with Crippen molar-refractivity contribution < 1.29 is 10.2 Å². The zero-order valence-electron chi connectivity index (χ0n) is 11.7. The Kier molecular flexibility index (Phi) is 4.98. The molecule has 2 unspecified atom stereocenters. The second-order valence-electron chi connectivity index (χ2n) is 5.77. The molecule has 0 saturated heterocycles. The summed E-state index contributed by atoms with van der Waals surface area (Å²) in [5.41, 5.74) is 1.56. The van der Waals surface area contributed by atoms with Gasteiger partial charge in [0.2, 0.25) is 0 Å². The molecule has 1 heterocycles. The molecule has 0 radical (unpaired) electrons. The van der Waals surface area contributed by atoms with Gasteiger partial charge in [-0.2, -0.15) is 5.10 Å². The van der Waals surface area contributed by atoms with Crippen LogP contribution in [0.4, 0.5) is 0 Å². The summed E-state index contributed by atoms with van der Waals surface area (Å²) in [7, 11) is 1.86. The summed E-state index contributed by atoms with van der Waals surface area (Å²) in [6.07, 6.45) is -0.319. The third-order valence-electron chi connectivity index (χ3n) is 3.16. The quantitative estimate of drug-likeness (QED) is 0.893. The lowest BCUT2D eigenvalue weighted by Gasteiger charge is -2.30. The third kappa shape index (κ3) is 3.33. The van der Waals surface area contributed by atoms with E-state index in [-0.39, 0.29) is 5.41 Å². The predicted molar refractivity (Wildman–Crippen MR) is 75.5 cm³/mol. The van der Waals surface area contributed by atoms with E-state index < -0.39 is 12.2 Å². The van der Waals surface area contributed by atoms with Crippen LogP contribution in [-0.2, 0) is 19.9 Å². The second-order valence-corrected chi connectivity index (χ2v) is 6.56. The van der Waals surface area contributed by atoms with Crippen LogP contribution in [-0.4, -0.2) is 32.2 Å². The molecule has 1 aromatic rings. The van der Waals surface area contributed by atoms with Gasteiger partial charge in [-0.3, -0.25) is 4.68 Å². The summed E-state index contributed by atoms with van der Waals surface area (Å²) in [5, 5.41) is 24.6. The maximum Gasteiger partial charge on any atom is 0.0859 e. The second kappa shape index (κ2) is 5.72. The lowest BCUT2D eigenvalue weighted by Crippen LogP contribution is -2.39. The molecule has 0 fully saturated rings. The molecule has 4 nitrogen and oxygen atoms in total. The molecule has 2 atom stereocenters. The van der Waals surface area contributed by atoms with E-state index in [1.807, 2.05) is 34.7 Å². The molecule has 1 aromatic heterocycles. The first kappa shape index (κ1) is 15.7. The zero-order valence-corrected chi connectivity index (χ0v) is 13.3. The minimum Gasteiger partial charge on any atom is -0.390 e. The molecule has 0 bridgehead atoms. The smallest absolute Gasteiger partial charge is 0.0859 e. The van der Waals surface area contributed by atoms with E-state index >= 15 is 0 Å². The van der Waals surface area contributed by atoms with Crippen LogP contribution in [0.1, 0.15) is 39.1 Å². The highest BCUT2D eigenvalue weighted by atomic mass is 79.9. The van der Waals surface area contributed by atoms with Crippen LogP contribution in [0, 0.1) is 5.41 Å². The summed E-state index contributed by atoms with van der Waals surface area (Å²) >= 11 is 3.51. The molecule has 5 heteroatoms. The predicted octanol–water partition coefficient (Wildman–Crippen LogP) is 2.06. The van der Waals surface area contributed by atoms with Gasteiger partial charge in [0.1, 0.15) is 0 Å². The molecule has 0 aliphatic carbocycles. The molecule has 0 aliphatic rings. The molecule has 18 heavy (non-hydrogen) atoms. The molecule has 0 spiro atoms. The van der Waals surface area contributed by atoms with Gasteiger partial charge in [-0.05, 0) is 27.8 Å². The van der Waals surface area contributed by atoms with Crippen molar-refractivity contribution in [2.75, 3.05) is 0 Å². The van der Waals surface area contributed by atoms with E-state index in [1.54, 1.807) is 4.68 Å². The van der Waals surface area contributed by atoms with Gasteiger partial charge in [0.25, 0.3) is 0 Å². The molecule has 2 N–H and O–H groups in total. The van der Waals surface area contributed by atoms with Crippen molar-refractivity contribution in [3.05, 3.63) is 15.9 Å². The zero-order chi connectivity index (χ0) is 14.1. The molecule has 0 amide bonds. The van der Waals surface area contributed by atoms with Gasteiger partial charge in [-0.1, -0.05) is 27.7 Å². The standard InChI is InChI=1S/C13H23BrN2O2/c1-6-8-11(14)9(16(5)15-8)7-10(17)12(18)13(2,3)4/h10,12,17-18H,6-7H2,1-5H3. The van der Waals surface area contributed by atoms with Crippen molar-refractivity contribution in [3.63, 3.8) is 0 Å². The summed E-state index contributed by atoms with van der Waals surface area (Å²) in [6, 6.07) is 0. The van der Waals surface area contributed by atoms with Gasteiger partial charge < -0.3 is 10.2 Å². The Labute approximate surface area is 117 Å². The first-order valence-electron chi connectivity index (χ1n) is 6.24. The van der Waals surface area contributed by atoms with Gasteiger partial charge in [0.15, 0.2) is 0 Å². The van der Waals surface area contributed by atoms with Crippen LogP contribution in [0.5, 0.6) is 0 Å². The number of aryl methyl sites for hydroxylation is 2. The maximum absolute atomic E-state index is 10.1. The number of hydrogen-bond acceptors (Lipinski definition) is 3. The summed E-state index contributed by atoms with van der Waals surface area (Å²) in [4.78, 5) is 0.